The Balaban J connectivity index is 2.15. The summed E-state index contributed by atoms with van der Waals surface area (Å²) >= 11 is 0. The van der Waals surface area contributed by atoms with Crippen LogP contribution in [-0.4, -0.2) is 44.2 Å². The Hall–Kier alpha value is -1.39. The monoisotopic (exact) mass is 234 g/mol. The summed E-state index contributed by atoms with van der Waals surface area (Å²) < 4.78 is 4.93. The van der Waals surface area contributed by atoms with Crippen LogP contribution >= 0.6 is 0 Å². The first kappa shape index (κ1) is 12.1. The minimum Gasteiger partial charge on any atom is -0.375 e. The van der Waals surface area contributed by atoms with Gasteiger partial charge in [-0.15, -0.1) is 0 Å². The quantitative estimate of drug-likeness (QED) is 0.841. The predicted octanol–water partition coefficient (Wildman–Crippen LogP) is 0.806. The molecule has 0 spiro atoms. The van der Waals surface area contributed by atoms with Crippen LogP contribution in [0.15, 0.2) is 30.3 Å². The summed E-state index contributed by atoms with van der Waals surface area (Å²) in [4.78, 5) is 13.9. The second kappa shape index (κ2) is 5.80. The molecule has 1 aromatic carbocycles. The molecule has 1 saturated heterocycles. The van der Waals surface area contributed by atoms with E-state index in [2.05, 4.69) is 17.4 Å². The Bertz CT molecular complexity index is 367. The number of amides is 1. The molecule has 1 aliphatic rings. The number of hydrogen-bond acceptors (Lipinski definition) is 3. The molecule has 0 saturated carbocycles. The van der Waals surface area contributed by atoms with Crippen LogP contribution in [0, 0.1) is 0 Å². The Morgan fingerprint density at radius 3 is 2.94 bits per heavy atom. The van der Waals surface area contributed by atoms with Crippen LogP contribution in [0.2, 0.25) is 0 Å². The van der Waals surface area contributed by atoms with Gasteiger partial charge in [-0.3, -0.25) is 4.79 Å². The maximum atomic E-state index is 12.0. The predicted molar refractivity (Wildman–Crippen MR) is 65.6 cm³/mol. The van der Waals surface area contributed by atoms with Crippen LogP contribution in [-0.2, 0) is 9.53 Å². The molecule has 0 aliphatic carbocycles. The van der Waals surface area contributed by atoms with Crippen LogP contribution < -0.4 is 5.32 Å². The second-order valence-corrected chi connectivity index (χ2v) is 4.15. The number of methoxy groups -OCH3 is 1. The topological polar surface area (TPSA) is 41.6 Å². The standard InChI is InChI=1S/C13H18N2O2/c1-17-10-13(16)15-8-7-14-9-12(15)11-5-3-2-4-6-11/h2-6,12,14H,7-10H2,1H3. The normalized spacial score (nSPS) is 20.3. The molecule has 1 heterocycles. The Labute approximate surface area is 102 Å². The molecule has 1 unspecified atom stereocenters. The lowest BCUT2D eigenvalue weighted by atomic mass is 10.0. The van der Waals surface area contributed by atoms with Crippen molar-refractivity contribution in [1.29, 1.82) is 0 Å². The molecule has 1 aliphatic heterocycles. The van der Waals surface area contributed by atoms with Crippen molar-refractivity contribution in [3.63, 3.8) is 0 Å². The Kier molecular flexibility index (Phi) is 4.12. The molecule has 1 atom stereocenters. The molecule has 1 amide bonds. The van der Waals surface area contributed by atoms with Crippen molar-refractivity contribution in [2.75, 3.05) is 33.4 Å². The number of carbonyl (C=O) groups is 1. The number of rotatable bonds is 3. The first-order valence-electron chi connectivity index (χ1n) is 5.87. The fourth-order valence-electron chi connectivity index (χ4n) is 2.18. The number of hydrogen-bond donors (Lipinski definition) is 1. The largest absolute Gasteiger partial charge is 0.375 e. The van der Waals surface area contributed by atoms with Crippen LogP contribution in [0.5, 0.6) is 0 Å². The van der Waals surface area contributed by atoms with E-state index < -0.39 is 0 Å². The summed E-state index contributed by atoms with van der Waals surface area (Å²) in [5, 5.41) is 3.33. The van der Waals surface area contributed by atoms with Crippen LogP contribution in [0.3, 0.4) is 0 Å². The number of carbonyl (C=O) groups excluding carboxylic acids is 1. The minimum absolute atomic E-state index is 0.0582. The van der Waals surface area contributed by atoms with E-state index in [9.17, 15) is 4.79 Å². The zero-order chi connectivity index (χ0) is 12.1. The van der Waals surface area contributed by atoms with Gasteiger partial charge >= 0.3 is 0 Å². The van der Waals surface area contributed by atoms with Gasteiger partial charge in [0.2, 0.25) is 5.91 Å². The molecule has 92 valence electrons. The molecule has 1 N–H and O–H groups in total. The number of piperazine rings is 1. The molecule has 1 aromatic rings. The molecule has 1 fully saturated rings. The number of benzene rings is 1. The summed E-state index contributed by atoms with van der Waals surface area (Å²) in [6, 6.07) is 10.2. The number of nitrogens with zero attached hydrogens (tertiary/aromatic N) is 1. The summed E-state index contributed by atoms with van der Waals surface area (Å²) in [6.45, 7) is 2.54. The third-order valence-corrected chi connectivity index (χ3v) is 3.02. The molecule has 17 heavy (non-hydrogen) atoms. The van der Waals surface area contributed by atoms with E-state index >= 15 is 0 Å². The summed E-state index contributed by atoms with van der Waals surface area (Å²) in [7, 11) is 1.55. The van der Waals surface area contributed by atoms with Crippen LogP contribution in [0.4, 0.5) is 0 Å². The van der Waals surface area contributed by atoms with Crippen molar-refractivity contribution in [3.8, 4) is 0 Å². The maximum absolute atomic E-state index is 12.0. The summed E-state index contributed by atoms with van der Waals surface area (Å²) in [5.74, 6) is 0.0582. The molecule has 4 nitrogen and oxygen atoms in total. The van der Waals surface area contributed by atoms with E-state index in [1.807, 2.05) is 23.1 Å². The van der Waals surface area contributed by atoms with Gasteiger partial charge in [0.15, 0.2) is 0 Å². The third-order valence-electron chi connectivity index (χ3n) is 3.02. The summed E-state index contributed by atoms with van der Waals surface area (Å²) in [5.41, 5.74) is 1.17. The van der Waals surface area contributed by atoms with E-state index in [-0.39, 0.29) is 18.6 Å². The maximum Gasteiger partial charge on any atom is 0.249 e. The van der Waals surface area contributed by atoms with Gasteiger partial charge in [0.1, 0.15) is 6.61 Å². The van der Waals surface area contributed by atoms with Crippen molar-refractivity contribution in [2.45, 2.75) is 6.04 Å². The van der Waals surface area contributed by atoms with E-state index in [0.29, 0.717) is 0 Å². The van der Waals surface area contributed by atoms with Gasteiger partial charge in [0.25, 0.3) is 0 Å². The van der Waals surface area contributed by atoms with Crippen LogP contribution in [0.1, 0.15) is 11.6 Å². The fraction of sp³-hybridized carbons (Fsp3) is 0.462. The van der Waals surface area contributed by atoms with Gasteiger partial charge in [0.05, 0.1) is 6.04 Å². The highest BCUT2D eigenvalue weighted by atomic mass is 16.5. The Morgan fingerprint density at radius 2 is 2.24 bits per heavy atom. The summed E-state index contributed by atoms with van der Waals surface area (Å²) in [6.07, 6.45) is 0. The zero-order valence-corrected chi connectivity index (χ0v) is 10.1. The fourth-order valence-corrected chi connectivity index (χ4v) is 2.18. The lowest BCUT2D eigenvalue weighted by molar-refractivity contribution is -0.138. The van der Waals surface area contributed by atoms with Crippen molar-refractivity contribution < 1.29 is 9.53 Å². The smallest absolute Gasteiger partial charge is 0.249 e. The molecule has 2 rings (SSSR count). The Morgan fingerprint density at radius 1 is 1.47 bits per heavy atom. The van der Waals surface area contributed by atoms with E-state index in [4.69, 9.17) is 4.74 Å². The highest BCUT2D eigenvalue weighted by Gasteiger charge is 2.27. The van der Waals surface area contributed by atoms with Crippen molar-refractivity contribution >= 4 is 5.91 Å². The first-order chi connectivity index (χ1) is 8.33. The van der Waals surface area contributed by atoms with Gasteiger partial charge in [-0.2, -0.15) is 0 Å². The van der Waals surface area contributed by atoms with Crippen molar-refractivity contribution in [3.05, 3.63) is 35.9 Å². The zero-order valence-electron chi connectivity index (χ0n) is 10.1. The molecule has 0 aromatic heterocycles. The van der Waals surface area contributed by atoms with Gasteiger partial charge in [-0.05, 0) is 5.56 Å². The van der Waals surface area contributed by atoms with Crippen molar-refractivity contribution in [1.82, 2.24) is 10.2 Å². The van der Waals surface area contributed by atoms with Crippen molar-refractivity contribution in [2.24, 2.45) is 0 Å². The highest BCUT2D eigenvalue weighted by molar-refractivity contribution is 5.78. The lowest BCUT2D eigenvalue weighted by Crippen LogP contribution is -2.49. The lowest BCUT2D eigenvalue weighted by Gasteiger charge is -2.36. The molecule has 4 heteroatoms. The van der Waals surface area contributed by atoms with Gasteiger partial charge in [0, 0.05) is 26.7 Å². The molecule has 0 radical (unpaired) electrons. The van der Waals surface area contributed by atoms with E-state index in [0.717, 1.165) is 19.6 Å². The van der Waals surface area contributed by atoms with E-state index in [1.54, 1.807) is 7.11 Å². The molecular formula is C13H18N2O2. The number of nitrogens with one attached hydrogen (secondary N) is 1. The number of ether oxygens (including phenoxy) is 1. The van der Waals surface area contributed by atoms with Gasteiger partial charge in [-0.1, -0.05) is 30.3 Å². The minimum atomic E-state index is 0.0582. The van der Waals surface area contributed by atoms with Crippen LogP contribution in [0.25, 0.3) is 0 Å². The first-order valence-corrected chi connectivity index (χ1v) is 5.87. The van der Waals surface area contributed by atoms with Gasteiger partial charge < -0.3 is 15.0 Å². The molecule has 0 bridgehead atoms. The van der Waals surface area contributed by atoms with E-state index in [1.165, 1.54) is 5.56 Å². The third kappa shape index (κ3) is 2.84. The average molecular weight is 234 g/mol. The average Bonchev–Trinajstić information content (AvgIpc) is 2.40. The van der Waals surface area contributed by atoms with Gasteiger partial charge in [-0.25, -0.2) is 0 Å². The highest BCUT2D eigenvalue weighted by Crippen LogP contribution is 2.21. The molecular weight excluding hydrogens is 216 g/mol. The second-order valence-electron chi connectivity index (χ2n) is 4.15. The SMILES string of the molecule is COCC(=O)N1CCNCC1c1ccccc1.